The highest BCUT2D eigenvalue weighted by Crippen LogP contribution is 2.25. The number of nitrogens with zero attached hydrogens (tertiary/aromatic N) is 2. The number of ether oxygens (including phenoxy) is 2. The van der Waals surface area contributed by atoms with Crippen LogP contribution in [0, 0.1) is 0 Å². The van der Waals surface area contributed by atoms with Crippen LogP contribution in [0.25, 0.3) is 5.76 Å². The third-order valence-corrected chi connectivity index (χ3v) is 4.39. The number of benzene rings is 1. The van der Waals surface area contributed by atoms with E-state index in [1.54, 1.807) is 6.07 Å². The maximum Gasteiger partial charge on any atom is 0.189 e. The van der Waals surface area contributed by atoms with Gasteiger partial charge in [0, 0.05) is 19.7 Å². The van der Waals surface area contributed by atoms with Crippen LogP contribution in [0.15, 0.2) is 18.2 Å². The Balaban J connectivity index is 2.46. The molecule has 0 bridgehead atoms. The van der Waals surface area contributed by atoms with Crippen molar-refractivity contribution in [2.45, 2.75) is 33.9 Å². The topological polar surface area (TPSA) is 42.0 Å². The smallest absolute Gasteiger partial charge is 0.189 e. The van der Waals surface area contributed by atoms with Gasteiger partial charge in [0.2, 0.25) is 0 Å². The molecule has 24 heavy (non-hydrogen) atoms. The average Bonchev–Trinajstić information content (AvgIpc) is 2.90. The highest BCUT2D eigenvalue weighted by molar-refractivity contribution is 5.69. The van der Waals surface area contributed by atoms with Crippen LogP contribution in [0.1, 0.15) is 27.7 Å². The Labute approximate surface area is 144 Å². The predicted molar refractivity (Wildman–Crippen MR) is 96.1 cm³/mol. The summed E-state index contributed by atoms with van der Waals surface area (Å²) in [7, 11) is 0. The van der Waals surface area contributed by atoms with E-state index >= 15 is 0 Å². The highest BCUT2D eigenvalue weighted by Gasteiger charge is 2.33. The fraction of sp³-hybridized carbons (Fsp3) is 0.579. The zero-order valence-electron chi connectivity index (χ0n) is 15.2. The van der Waals surface area contributed by atoms with E-state index in [4.69, 9.17) is 9.47 Å². The molecule has 0 fully saturated rings. The van der Waals surface area contributed by atoms with Gasteiger partial charge in [-0.15, -0.1) is 0 Å². The summed E-state index contributed by atoms with van der Waals surface area (Å²) in [5, 5.41) is 1.36. The van der Waals surface area contributed by atoms with E-state index in [0.29, 0.717) is 18.4 Å². The molecule has 1 aliphatic heterocycles. The van der Waals surface area contributed by atoms with Crippen LogP contribution in [-0.4, -0.2) is 56.5 Å². The van der Waals surface area contributed by atoms with E-state index in [1.165, 1.54) is 0 Å². The van der Waals surface area contributed by atoms with Gasteiger partial charge in [-0.2, -0.15) is 0 Å². The lowest BCUT2D eigenvalue weighted by Gasteiger charge is -2.31. The van der Waals surface area contributed by atoms with Gasteiger partial charge in [-0.3, -0.25) is 0 Å². The van der Waals surface area contributed by atoms with Crippen LogP contribution in [0.5, 0.6) is 0 Å². The number of anilines is 1. The predicted octanol–water partition coefficient (Wildman–Crippen LogP) is 0.859. The number of hydrogen-bond acceptors (Lipinski definition) is 5. The van der Waals surface area contributed by atoms with Crippen molar-refractivity contribution in [3.05, 3.63) is 28.6 Å². The summed E-state index contributed by atoms with van der Waals surface area (Å²) in [5.41, 5.74) is 0.991. The number of fused-ring (bicyclic) bond motifs is 1. The van der Waals surface area contributed by atoms with Gasteiger partial charge in [-0.05, 0) is 39.1 Å². The molecule has 0 radical (unpaired) electrons. The minimum atomic E-state index is -0.282. The molecule has 1 heterocycles. The van der Waals surface area contributed by atoms with E-state index in [-0.39, 0.29) is 6.23 Å². The summed E-state index contributed by atoms with van der Waals surface area (Å²) < 4.78 is 11.9. The van der Waals surface area contributed by atoms with Crippen molar-refractivity contribution < 1.29 is 14.3 Å². The molecule has 5 nitrogen and oxygen atoms in total. The van der Waals surface area contributed by atoms with Gasteiger partial charge < -0.3 is 19.3 Å². The molecule has 5 heteroatoms. The molecular formula is C19H28N2O3. The van der Waals surface area contributed by atoms with Crippen molar-refractivity contribution in [2.24, 2.45) is 0 Å². The van der Waals surface area contributed by atoms with Crippen LogP contribution in [0.3, 0.4) is 0 Å². The Bertz CT molecular complexity index is 678. The van der Waals surface area contributed by atoms with E-state index in [0.717, 1.165) is 42.8 Å². The standard InChI is InChI=1S/C19H28N2O3/c1-5-20(6-2)12-13-21-16-11-9-10-15(14-22)17(16)18(23-7-3)19(21)24-8-4/h9-11,19H,5-8,12-13H2,1-4H3. The molecule has 1 aliphatic rings. The number of carbonyl (C=O) groups excluding carboxylic acids is 1. The van der Waals surface area contributed by atoms with E-state index in [1.807, 2.05) is 31.9 Å². The molecule has 1 aromatic rings. The first kappa shape index (κ1) is 18.5. The molecular weight excluding hydrogens is 304 g/mol. The largest absolute Gasteiger partial charge is 0.493 e. The van der Waals surface area contributed by atoms with Crippen LogP contribution in [0.2, 0.25) is 0 Å². The Morgan fingerprint density at radius 1 is 1.17 bits per heavy atom. The average molecular weight is 332 g/mol. The van der Waals surface area contributed by atoms with Gasteiger partial charge in [-0.25, -0.2) is 4.79 Å². The van der Waals surface area contributed by atoms with Gasteiger partial charge >= 0.3 is 0 Å². The van der Waals surface area contributed by atoms with E-state index in [9.17, 15) is 4.79 Å². The number of hydrogen-bond donors (Lipinski definition) is 0. The molecule has 1 unspecified atom stereocenters. The summed E-state index contributed by atoms with van der Waals surface area (Å²) in [6.45, 7) is 13.2. The van der Waals surface area contributed by atoms with Crippen molar-refractivity contribution in [3.8, 4) is 0 Å². The molecule has 0 saturated carbocycles. The second-order valence-electron chi connectivity index (χ2n) is 5.63. The lowest BCUT2D eigenvalue weighted by molar-refractivity contribution is 0.0719. The molecule has 0 saturated heterocycles. The summed E-state index contributed by atoms with van der Waals surface area (Å²) >= 11 is 0. The zero-order valence-corrected chi connectivity index (χ0v) is 15.2. The van der Waals surface area contributed by atoms with Crippen LogP contribution in [-0.2, 0) is 14.3 Å². The van der Waals surface area contributed by atoms with Crippen molar-refractivity contribution >= 4 is 17.4 Å². The first-order valence-electron chi connectivity index (χ1n) is 8.83. The molecule has 0 aliphatic carbocycles. The zero-order chi connectivity index (χ0) is 17.5. The maximum atomic E-state index is 11.4. The summed E-state index contributed by atoms with van der Waals surface area (Å²) in [6, 6.07) is 5.69. The van der Waals surface area contributed by atoms with Crippen molar-refractivity contribution in [1.29, 1.82) is 0 Å². The molecule has 1 atom stereocenters. The third-order valence-electron chi connectivity index (χ3n) is 4.39. The number of rotatable bonds is 9. The Hall–Kier alpha value is -1.81. The van der Waals surface area contributed by atoms with Crippen LogP contribution >= 0.6 is 0 Å². The molecule has 0 aromatic heterocycles. The van der Waals surface area contributed by atoms with Gasteiger partial charge in [0.25, 0.3) is 0 Å². The second-order valence-corrected chi connectivity index (χ2v) is 5.63. The highest BCUT2D eigenvalue weighted by atomic mass is 16.5. The van der Waals surface area contributed by atoms with Gasteiger partial charge in [0.15, 0.2) is 12.0 Å². The van der Waals surface area contributed by atoms with E-state index in [2.05, 4.69) is 23.6 Å². The first-order valence-corrected chi connectivity index (χ1v) is 8.83. The number of likely N-dealkylation sites (N-methyl/N-ethyl adjacent to an activating group) is 1. The minimum absolute atomic E-state index is 0.282. The Morgan fingerprint density at radius 2 is 1.92 bits per heavy atom. The third kappa shape index (κ3) is 3.64. The monoisotopic (exact) mass is 332 g/mol. The lowest BCUT2D eigenvalue weighted by atomic mass is 10.2. The quantitative estimate of drug-likeness (QED) is 0.671. The summed E-state index contributed by atoms with van der Waals surface area (Å²) in [5.74, 6) is 2.77. The van der Waals surface area contributed by atoms with Gasteiger partial charge in [0.1, 0.15) is 5.94 Å². The molecule has 0 N–H and O–H groups in total. The van der Waals surface area contributed by atoms with Gasteiger partial charge in [-0.1, -0.05) is 19.9 Å². The first-order chi connectivity index (χ1) is 11.7. The molecule has 2 rings (SSSR count). The minimum Gasteiger partial charge on any atom is -0.493 e. The van der Waals surface area contributed by atoms with Crippen molar-refractivity contribution in [1.82, 2.24) is 4.90 Å². The summed E-state index contributed by atoms with van der Waals surface area (Å²) in [6.07, 6.45) is -0.282. The second kappa shape index (κ2) is 8.88. The maximum absolute atomic E-state index is 11.4. The molecule has 0 amide bonds. The normalized spacial score (nSPS) is 16.5. The van der Waals surface area contributed by atoms with Crippen molar-refractivity contribution in [2.75, 3.05) is 44.3 Å². The van der Waals surface area contributed by atoms with Crippen LogP contribution in [0.4, 0.5) is 5.69 Å². The van der Waals surface area contributed by atoms with Gasteiger partial charge in [0.05, 0.1) is 22.7 Å². The summed E-state index contributed by atoms with van der Waals surface area (Å²) in [4.78, 5) is 16.0. The fourth-order valence-electron chi connectivity index (χ4n) is 3.16. The Kier molecular flexibility index (Phi) is 6.85. The van der Waals surface area contributed by atoms with Crippen molar-refractivity contribution in [3.63, 3.8) is 0 Å². The van der Waals surface area contributed by atoms with E-state index < -0.39 is 0 Å². The molecule has 132 valence electrons. The SMILES string of the molecule is CCOC1=c2c(cccc2=C=O)N(CCN(CC)CC)C1OCC. The Morgan fingerprint density at radius 3 is 2.50 bits per heavy atom. The van der Waals surface area contributed by atoms with Crippen LogP contribution < -0.4 is 15.3 Å². The fourth-order valence-corrected chi connectivity index (χ4v) is 3.16. The molecule has 0 spiro atoms. The lowest BCUT2D eigenvalue weighted by Crippen LogP contribution is -2.41. The molecule has 1 aromatic carbocycles.